The summed E-state index contributed by atoms with van der Waals surface area (Å²) in [6, 6.07) is 13.9. The Morgan fingerprint density at radius 2 is 1.90 bits per heavy atom. The molecule has 0 saturated heterocycles. The second-order valence-electron chi connectivity index (χ2n) is 5.65. The summed E-state index contributed by atoms with van der Waals surface area (Å²) in [4.78, 5) is 9.12. The molecule has 1 saturated carbocycles. The minimum absolute atomic E-state index is 0.252. The lowest BCUT2D eigenvalue weighted by atomic mass is 9.64. The molecular weight excluding hydrogens is 280 g/mol. The predicted octanol–water partition coefficient (Wildman–Crippen LogP) is 3.85. The quantitative estimate of drug-likeness (QED) is 0.798. The number of aliphatic hydroxyl groups is 1. The van der Waals surface area contributed by atoms with Gasteiger partial charge < -0.3 is 5.11 Å². The first-order valence-electron chi connectivity index (χ1n) is 7.25. The average Bonchev–Trinajstić information content (AvgIpc) is 2.91. The molecule has 2 aromatic heterocycles. The van der Waals surface area contributed by atoms with Gasteiger partial charge in [0, 0.05) is 6.20 Å². The Hall–Kier alpha value is -1.78. The minimum Gasteiger partial charge on any atom is -0.386 e. The number of aliphatic hydroxyl groups excluding tert-OH is 1. The number of nitrogens with zero attached hydrogens (tertiary/aromatic N) is 2. The van der Waals surface area contributed by atoms with Crippen molar-refractivity contribution in [2.75, 3.05) is 0 Å². The summed E-state index contributed by atoms with van der Waals surface area (Å²) in [5.41, 5.74) is 1.52. The van der Waals surface area contributed by atoms with Crippen molar-refractivity contribution in [3.63, 3.8) is 0 Å². The molecule has 1 unspecified atom stereocenters. The van der Waals surface area contributed by atoms with E-state index in [1.165, 1.54) is 4.70 Å². The highest BCUT2D eigenvalue weighted by atomic mass is 32.1. The SMILES string of the molecule is OC(c1ccccn1)C1(c2nc3ccccc3s2)CCC1. The van der Waals surface area contributed by atoms with Crippen LogP contribution in [0.15, 0.2) is 48.7 Å². The Morgan fingerprint density at radius 3 is 2.57 bits per heavy atom. The fourth-order valence-corrected chi connectivity index (χ4v) is 4.30. The highest BCUT2D eigenvalue weighted by Crippen LogP contribution is 2.53. The molecule has 0 amide bonds. The summed E-state index contributed by atoms with van der Waals surface area (Å²) in [6.07, 6.45) is 4.26. The van der Waals surface area contributed by atoms with Gasteiger partial charge in [-0.15, -0.1) is 11.3 Å². The molecule has 0 radical (unpaired) electrons. The van der Waals surface area contributed by atoms with E-state index >= 15 is 0 Å². The van der Waals surface area contributed by atoms with Gasteiger partial charge in [-0.1, -0.05) is 24.6 Å². The van der Waals surface area contributed by atoms with E-state index in [0.29, 0.717) is 0 Å². The molecule has 0 bridgehead atoms. The van der Waals surface area contributed by atoms with Crippen LogP contribution in [0.1, 0.15) is 36.1 Å². The van der Waals surface area contributed by atoms with Gasteiger partial charge >= 0.3 is 0 Å². The number of pyridine rings is 1. The number of aromatic nitrogens is 2. The normalized spacial score (nSPS) is 18.3. The lowest BCUT2D eigenvalue weighted by molar-refractivity contribution is 0.0238. The van der Waals surface area contributed by atoms with Crippen molar-refractivity contribution in [1.29, 1.82) is 0 Å². The minimum atomic E-state index is -0.576. The predicted molar refractivity (Wildman–Crippen MR) is 84.3 cm³/mol. The zero-order valence-electron chi connectivity index (χ0n) is 11.6. The van der Waals surface area contributed by atoms with Crippen molar-refractivity contribution in [2.45, 2.75) is 30.8 Å². The molecule has 1 fully saturated rings. The van der Waals surface area contributed by atoms with Crippen LogP contribution in [-0.4, -0.2) is 15.1 Å². The van der Waals surface area contributed by atoms with Gasteiger partial charge in [0.05, 0.1) is 21.3 Å². The maximum atomic E-state index is 10.9. The number of hydrogen-bond donors (Lipinski definition) is 1. The van der Waals surface area contributed by atoms with E-state index in [2.05, 4.69) is 11.1 Å². The second kappa shape index (κ2) is 4.90. The molecule has 1 aliphatic carbocycles. The van der Waals surface area contributed by atoms with Crippen molar-refractivity contribution >= 4 is 21.6 Å². The second-order valence-corrected chi connectivity index (χ2v) is 6.68. The van der Waals surface area contributed by atoms with Crippen molar-refractivity contribution in [3.05, 3.63) is 59.4 Å². The Morgan fingerprint density at radius 1 is 1.10 bits per heavy atom. The Kier molecular flexibility index (Phi) is 3.01. The summed E-state index contributed by atoms with van der Waals surface area (Å²) < 4.78 is 1.19. The Labute approximate surface area is 127 Å². The molecule has 4 rings (SSSR count). The third-order valence-electron chi connectivity index (χ3n) is 4.46. The van der Waals surface area contributed by atoms with Crippen LogP contribution in [-0.2, 0) is 5.41 Å². The number of thiazole rings is 1. The third-order valence-corrected chi connectivity index (χ3v) is 5.71. The monoisotopic (exact) mass is 296 g/mol. The summed E-state index contributed by atoms with van der Waals surface area (Å²) in [7, 11) is 0. The van der Waals surface area contributed by atoms with Crippen molar-refractivity contribution < 1.29 is 5.11 Å². The van der Waals surface area contributed by atoms with Gasteiger partial charge in [-0.3, -0.25) is 4.98 Å². The summed E-state index contributed by atoms with van der Waals surface area (Å²) >= 11 is 1.70. The number of rotatable bonds is 3. The van der Waals surface area contributed by atoms with Gasteiger partial charge in [-0.25, -0.2) is 4.98 Å². The number of para-hydroxylation sites is 1. The van der Waals surface area contributed by atoms with Gasteiger partial charge in [-0.05, 0) is 37.1 Å². The molecule has 4 heteroatoms. The van der Waals surface area contributed by atoms with Gasteiger partial charge in [0.25, 0.3) is 0 Å². The zero-order chi connectivity index (χ0) is 14.3. The van der Waals surface area contributed by atoms with E-state index in [-0.39, 0.29) is 5.41 Å². The van der Waals surface area contributed by atoms with Gasteiger partial charge in [0.2, 0.25) is 0 Å². The Bertz CT molecular complexity index is 732. The van der Waals surface area contributed by atoms with Crippen LogP contribution in [0.5, 0.6) is 0 Å². The topological polar surface area (TPSA) is 46.0 Å². The molecule has 1 aromatic carbocycles. The fraction of sp³-hybridized carbons (Fsp3) is 0.294. The number of hydrogen-bond acceptors (Lipinski definition) is 4. The molecule has 1 aliphatic rings. The molecule has 0 aliphatic heterocycles. The molecule has 21 heavy (non-hydrogen) atoms. The highest BCUT2D eigenvalue weighted by Gasteiger charge is 2.48. The molecular formula is C17H16N2OS. The highest BCUT2D eigenvalue weighted by molar-refractivity contribution is 7.18. The summed E-state index contributed by atoms with van der Waals surface area (Å²) in [6.45, 7) is 0. The van der Waals surface area contributed by atoms with E-state index in [0.717, 1.165) is 35.5 Å². The van der Waals surface area contributed by atoms with Crippen LogP contribution in [0.3, 0.4) is 0 Å². The number of benzene rings is 1. The lowest BCUT2D eigenvalue weighted by Crippen LogP contribution is -2.40. The van der Waals surface area contributed by atoms with Gasteiger partial charge in [0.1, 0.15) is 11.1 Å². The summed E-state index contributed by atoms with van der Waals surface area (Å²) in [5, 5.41) is 11.9. The first-order chi connectivity index (χ1) is 10.3. The van der Waals surface area contributed by atoms with Crippen LogP contribution in [0.4, 0.5) is 0 Å². The lowest BCUT2D eigenvalue weighted by Gasteiger charge is -2.43. The van der Waals surface area contributed by atoms with E-state index in [1.54, 1.807) is 17.5 Å². The molecule has 0 spiro atoms. The first-order valence-corrected chi connectivity index (χ1v) is 8.06. The molecule has 1 N–H and O–H groups in total. The van der Waals surface area contributed by atoms with Crippen LogP contribution in [0.25, 0.3) is 10.2 Å². The maximum Gasteiger partial charge on any atom is 0.108 e. The van der Waals surface area contributed by atoms with Gasteiger partial charge in [0.15, 0.2) is 0 Å². The molecule has 3 nitrogen and oxygen atoms in total. The Balaban J connectivity index is 1.79. The third kappa shape index (κ3) is 1.98. The molecule has 3 aromatic rings. The van der Waals surface area contributed by atoms with Crippen molar-refractivity contribution in [1.82, 2.24) is 9.97 Å². The fourth-order valence-electron chi connectivity index (χ4n) is 3.07. The summed E-state index contributed by atoms with van der Waals surface area (Å²) in [5.74, 6) is 0. The van der Waals surface area contributed by atoms with Crippen molar-refractivity contribution in [3.8, 4) is 0 Å². The molecule has 106 valence electrons. The van der Waals surface area contributed by atoms with E-state index < -0.39 is 6.10 Å². The van der Waals surface area contributed by atoms with Crippen molar-refractivity contribution in [2.24, 2.45) is 0 Å². The molecule has 2 heterocycles. The van der Waals surface area contributed by atoms with Crippen LogP contribution < -0.4 is 0 Å². The first kappa shape index (κ1) is 12.9. The average molecular weight is 296 g/mol. The number of fused-ring (bicyclic) bond motifs is 1. The maximum absolute atomic E-state index is 10.9. The van der Waals surface area contributed by atoms with E-state index in [1.807, 2.05) is 36.4 Å². The van der Waals surface area contributed by atoms with Crippen LogP contribution in [0.2, 0.25) is 0 Å². The molecule has 1 atom stereocenters. The van der Waals surface area contributed by atoms with Gasteiger partial charge in [-0.2, -0.15) is 0 Å². The largest absolute Gasteiger partial charge is 0.386 e. The zero-order valence-corrected chi connectivity index (χ0v) is 12.4. The van der Waals surface area contributed by atoms with Crippen LogP contribution in [0, 0.1) is 0 Å². The standard InChI is InChI=1S/C17H16N2OS/c20-15(13-7-3-4-11-18-13)17(9-5-10-17)16-19-12-6-1-2-8-14(12)21-16/h1-4,6-8,11,15,20H,5,9-10H2. The smallest absolute Gasteiger partial charge is 0.108 e. The van der Waals surface area contributed by atoms with E-state index in [4.69, 9.17) is 4.98 Å². The van der Waals surface area contributed by atoms with Crippen LogP contribution >= 0.6 is 11.3 Å². The van der Waals surface area contributed by atoms with E-state index in [9.17, 15) is 5.11 Å².